The molecule has 1 saturated carbocycles. The predicted molar refractivity (Wildman–Crippen MR) is 79.0 cm³/mol. The number of ketones is 1. The fraction of sp³-hybridized carbons (Fsp3) is 0.400. The van der Waals surface area contributed by atoms with Crippen LogP contribution < -0.4 is 4.99 Å². The van der Waals surface area contributed by atoms with Crippen molar-refractivity contribution in [2.45, 2.75) is 31.6 Å². The standard InChI is InChI=1S/C15H17N3OS/c19-14-7-11(15-2-1-5-20-15)6-13(8-14)17-4-3-12-9-16-10-18-12/h1-2,5,9-11H,3-4,6-8H2,(H,16,18)/p+1/t11-/m0/s1. The monoisotopic (exact) mass is 288 g/mol. The maximum atomic E-state index is 11.9. The lowest BCUT2D eigenvalue weighted by Gasteiger charge is -2.18. The second kappa shape index (κ2) is 6.13. The number of rotatable bonds is 4. The Morgan fingerprint density at radius 1 is 1.45 bits per heavy atom. The van der Waals surface area contributed by atoms with Crippen molar-refractivity contribution in [1.82, 2.24) is 9.97 Å². The summed E-state index contributed by atoms with van der Waals surface area (Å²) in [6.45, 7) is 0.849. The van der Waals surface area contributed by atoms with E-state index >= 15 is 0 Å². The van der Waals surface area contributed by atoms with Gasteiger partial charge in [-0.1, -0.05) is 6.07 Å². The minimum Gasteiger partial charge on any atom is -0.348 e. The Kier molecular flexibility index (Phi) is 4.06. The maximum absolute atomic E-state index is 11.9. The van der Waals surface area contributed by atoms with Gasteiger partial charge in [0.1, 0.15) is 12.3 Å². The smallest absolute Gasteiger partial charge is 0.158 e. The number of aromatic nitrogens is 2. The van der Waals surface area contributed by atoms with E-state index in [0.717, 1.165) is 25.1 Å². The van der Waals surface area contributed by atoms with Crippen LogP contribution in [0.15, 0.2) is 30.0 Å². The molecule has 1 aliphatic carbocycles. The van der Waals surface area contributed by atoms with Gasteiger partial charge in [0.05, 0.1) is 12.7 Å². The lowest BCUT2D eigenvalue weighted by Crippen LogP contribution is -2.74. The van der Waals surface area contributed by atoms with E-state index in [2.05, 4.69) is 32.5 Å². The molecule has 0 saturated heterocycles. The number of imidazole rings is 1. The average Bonchev–Trinajstić information content (AvgIpc) is 3.11. The van der Waals surface area contributed by atoms with Crippen LogP contribution in [0.1, 0.15) is 35.8 Å². The van der Waals surface area contributed by atoms with Gasteiger partial charge in [0, 0.05) is 41.9 Å². The van der Waals surface area contributed by atoms with Crippen LogP contribution in [-0.2, 0) is 11.2 Å². The third-order valence-corrected chi connectivity index (χ3v) is 4.68. The molecule has 2 aromatic rings. The Morgan fingerprint density at radius 2 is 2.40 bits per heavy atom. The number of thiophene rings is 1. The minimum atomic E-state index is 0.346. The lowest BCUT2D eigenvalue weighted by molar-refractivity contribution is -0.459. The summed E-state index contributed by atoms with van der Waals surface area (Å²) >= 11 is 1.75. The Balaban J connectivity index is 1.62. The molecule has 5 heteroatoms. The van der Waals surface area contributed by atoms with Gasteiger partial charge < -0.3 is 4.98 Å². The SMILES string of the molecule is O=C1CC(=[NH+]CCc2cnc[nH]2)C[C@H](c2cccs2)C1. The highest BCUT2D eigenvalue weighted by Gasteiger charge is 2.28. The van der Waals surface area contributed by atoms with Gasteiger partial charge in [-0.3, -0.25) is 4.79 Å². The van der Waals surface area contributed by atoms with Crippen molar-refractivity contribution in [3.05, 3.63) is 40.6 Å². The zero-order chi connectivity index (χ0) is 13.8. The molecule has 1 atom stereocenters. The summed E-state index contributed by atoms with van der Waals surface area (Å²) in [5, 5.41) is 2.08. The molecule has 4 nitrogen and oxygen atoms in total. The van der Waals surface area contributed by atoms with E-state index in [1.165, 1.54) is 10.6 Å². The van der Waals surface area contributed by atoms with Crippen molar-refractivity contribution < 1.29 is 9.79 Å². The van der Waals surface area contributed by atoms with Crippen molar-refractivity contribution >= 4 is 22.8 Å². The van der Waals surface area contributed by atoms with Gasteiger partial charge in [-0.15, -0.1) is 11.3 Å². The highest BCUT2D eigenvalue weighted by atomic mass is 32.1. The van der Waals surface area contributed by atoms with E-state index in [-0.39, 0.29) is 0 Å². The van der Waals surface area contributed by atoms with Crippen molar-refractivity contribution in [3.8, 4) is 0 Å². The van der Waals surface area contributed by atoms with Crippen LogP contribution in [-0.4, -0.2) is 28.0 Å². The van der Waals surface area contributed by atoms with E-state index in [1.807, 2.05) is 6.20 Å². The van der Waals surface area contributed by atoms with Crippen molar-refractivity contribution in [2.24, 2.45) is 0 Å². The molecule has 20 heavy (non-hydrogen) atoms. The van der Waals surface area contributed by atoms with Gasteiger partial charge in [0.15, 0.2) is 5.71 Å². The molecular formula is C15H18N3OS+. The molecule has 0 bridgehead atoms. The summed E-state index contributed by atoms with van der Waals surface area (Å²) in [6.07, 6.45) is 6.69. The van der Waals surface area contributed by atoms with Crippen LogP contribution in [0.25, 0.3) is 0 Å². The summed E-state index contributed by atoms with van der Waals surface area (Å²) in [6, 6.07) is 4.20. The molecule has 0 amide bonds. The number of carbonyl (C=O) groups excluding carboxylic acids is 1. The number of Topliss-reactive ketones (excluding diaryl/α,β-unsaturated/α-hetero) is 1. The summed E-state index contributed by atoms with van der Waals surface area (Å²) in [4.78, 5) is 23.8. The first-order valence-electron chi connectivity index (χ1n) is 6.92. The summed E-state index contributed by atoms with van der Waals surface area (Å²) in [5.74, 6) is 0.713. The molecule has 0 spiro atoms. The van der Waals surface area contributed by atoms with E-state index in [9.17, 15) is 4.79 Å². The number of nitrogens with one attached hydrogen (secondary N) is 2. The maximum Gasteiger partial charge on any atom is 0.158 e. The summed E-state index contributed by atoms with van der Waals surface area (Å²) < 4.78 is 0. The van der Waals surface area contributed by atoms with E-state index < -0.39 is 0 Å². The second-order valence-electron chi connectivity index (χ2n) is 5.19. The molecular weight excluding hydrogens is 270 g/mol. The van der Waals surface area contributed by atoms with Gasteiger partial charge in [0.25, 0.3) is 0 Å². The normalized spacial score (nSPS) is 21.5. The molecule has 0 aromatic carbocycles. The Labute approximate surface area is 122 Å². The van der Waals surface area contributed by atoms with Crippen molar-refractivity contribution in [3.63, 3.8) is 0 Å². The van der Waals surface area contributed by atoms with Gasteiger partial charge in [-0.2, -0.15) is 0 Å². The Bertz CT molecular complexity index is 587. The molecule has 104 valence electrons. The van der Waals surface area contributed by atoms with Crippen LogP contribution in [0.2, 0.25) is 0 Å². The van der Waals surface area contributed by atoms with Crippen molar-refractivity contribution in [2.75, 3.05) is 6.54 Å². The molecule has 2 aromatic heterocycles. The molecule has 2 heterocycles. The third-order valence-electron chi connectivity index (χ3n) is 3.65. The zero-order valence-electron chi connectivity index (χ0n) is 11.3. The Morgan fingerprint density at radius 3 is 3.15 bits per heavy atom. The first-order chi connectivity index (χ1) is 9.81. The first-order valence-corrected chi connectivity index (χ1v) is 7.80. The number of carbonyl (C=O) groups is 1. The molecule has 0 unspecified atom stereocenters. The molecule has 2 N–H and O–H groups in total. The van der Waals surface area contributed by atoms with Crippen LogP contribution in [0.3, 0.4) is 0 Å². The van der Waals surface area contributed by atoms with Gasteiger partial charge >= 0.3 is 0 Å². The topological polar surface area (TPSA) is 59.7 Å². The highest BCUT2D eigenvalue weighted by molar-refractivity contribution is 7.10. The fourth-order valence-corrected chi connectivity index (χ4v) is 3.51. The number of H-pyrrole nitrogens is 1. The minimum absolute atomic E-state index is 0.346. The molecule has 1 aliphatic rings. The second-order valence-corrected chi connectivity index (χ2v) is 6.17. The van der Waals surface area contributed by atoms with E-state index in [1.54, 1.807) is 17.7 Å². The van der Waals surface area contributed by atoms with Crippen LogP contribution >= 0.6 is 11.3 Å². The Hall–Kier alpha value is -1.75. The van der Waals surface area contributed by atoms with E-state index in [4.69, 9.17) is 0 Å². The summed E-state index contributed by atoms with van der Waals surface area (Å²) in [5.41, 5.74) is 2.30. The third kappa shape index (κ3) is 3.22. The largest absolute Gasteiger partial charge is 0.348 e. The van der Waals surface area contributed by atoms with Crippen LogP contribution in [0, 0.1) is 0 Å². The van der Waals surface area contributed by atoms with Gasteiger partial charge in [-0.05, 0) is 11.4 Å². The van der Waals surface area contributed by atoms with Gasteiger partial charge in [-0.25, -0.2) is 9.98 Å². The highest BCUT2D eigenvalue weighted by Crippen LogP contribution is 2.31. The predicted octanol–water partition coefficient (Wildman–Crippen LogP) is 1.07. The van der Waals surface area contributed by atoms with E-state index in [0.29, 0.717) is 24.5 Å². The molecule has 3 rings (SSSR count). The first kappa shape index (κ1) is 13.2. The quantitative estimate of drug-likeness (QED) is 0.884. The van der Waals surface area contributed by atoms with Gasteiger partial charge in [0.2, 0.25) is 0 Å². The number of hydrogen-bond donors (Lipinski definition) is 2. The summed E-state index contributed by atoms with van der Waals surface area (Å²) in [7, 11) is 0. The average molecular weight is 288 g/mol. The zero-order valence-corrected chi connectivity index (χ0v) is 12.1. The molecule has 1 fully saturated rings. The molecule has 0 radical (unpaired) electrons. The fourth-order valence-electron chi connectivity index (χ4n) is 2.68. The van der Waals surface area contributed by atoms with Crippen LogP contribution in [0.4, 0.5) is 0 Å². The lowest BCUT2D eigenvalue weighted by atomic mass is 9.86. The van der Waals surface area contributed by atoms with Crippen LogP contribution in [0.5, 0.6) is 0 Å². The number of hydrogen-bond acceptors (Lipinski definition) is 3. The number of nitrogens with zero attached hydrogens (tertiary/aromatic N) is 1. The number of aromatic amines is 1. The van der Waals surface area contributed by atoms with Crippen molar-refractivity contribution in [1.29, 1.82) is 0 Å². The molecule has 0 aliphatic heterocycles.